The molecule has 2 heterocycles. The van der Waals surface area contributed by atoms with Gasteiger partial charge < -0.3 is 14.4 Å². The number of aromatic hydroxyl groups is 1. The lowest BCUT2D eigenvalue weighted by Crippen LogP contribution is -2.24. The Hall–Kier alpha value is -2.44. The molecule has 0 bridgehead atoms. The molecule has 0 aliphatic rings. The number of rotatable bonds is 2. The number of esters is 1. The van der Waals surface area contributed by atoms with Crippen molar-refractivity contribution < 1.29 is 19.2 Å². The van der Waals surface area contributed by atoms with Crippen LogP contribution in [0.1, 0.15) is 36.8 Å². The molecule has 0 fully saturated rings. The van der Waals surface area contributed by atoms with E-state index in [1.54, 1.807) is 27.7 Å². The van der Waals surface area contributed by atoms with E-state index in [4.69, 9.17) is 14.4 Å². The molecule has 0 atom stereocenters. The van der Waals surface area contributed by atoms with E-state index in [0.717, 1.165) is 6.20 Å². The minimum atomic E-state index is -0.626. The van der Waals surface area contributed by atoms with Crippen LogP contribution in [0.2, 0.25) is 0 Å². The van der Waals surface area contributed by atoms with Crippen LogP contribution in [-0.4, -0.2) is 31.8 Å². The van der Waals surface area contributed by atoms with Crippen molar-refractivity contribution >= 4 is 5.97 Å². The average molecular weight is 277 g/mol. The first kappa shape index (κ1) is 14.0. The number of aryl methyl sites for hydroxylation is 1. The summed E-state index contributed by atoms with van der Waals surface area (Å²) in [4.78, 5) is 19.8. The fourth-order valence-corrected chi connectivity index (χ4v) is 1.55. The molecular formula is C13H15N3O4. The van der Waals surface area contributed by atoms with E-state index in [0.29, 0.717) is 11.4 Å². The van der Waals surface area contributed by atoms with E-state index in [1.165, 1.54) is 6.20 Å². The predicted molar refractivity (Wildman–Crippen MR) is 69.1 cm³/mol. The summed E-state index contributed by atoms with van der Waals surface area (Å²) in [5.41, 5.74) is 0.284. The topological polar surface area (TPSA) is 98.3 Å². The van der Waals surface area contributed by atoms with E-state index in [2.05, 4.69) is 15.1 Å². The fourth-order valence-electron chi connectivity index (χ4n) is 1.55. The maximum Gasteiger partial charge on any atom is 0.344 e. The standard InChI is InChI=1S/C13H15N3O4/c1-7-10(12(18)19-13(2,3)4)11(20-16-7)8-5-15-9(17)6-14-8/h5-6H,1-4H3,(H,15,17). The quantitative estimate of drug-likeness (QED) is 0.839. The maximum absolute atomic E-state index is 12.2. The molecule has 0 aliphatic heterocycles. The van der Waals surface area contributed by atoms with Gasteiger partial charge in [-0.25, -0.2) is 14.8 Å². The summed E-state index contributed by atoms with van der Waals surface area (Å²) in [6, 6.07) is 0. The molecule has 2 aromatic rings. The Balaban J connectivity index is 2.42. The Morgan fingerprint density at radius 1 is 1.30 bits per heavy atom. The number of hydrogen-bond acceptors (Lipinski definition) is 7. The largest absolute Gasteiger partial charge is 0.492 e. The zero-order chi connectivity index (χ0) is 14.9. The highest BCUT2D eigenvalue weighted by molar-refractivity contribution is 5.96. The molecule has 0 saturated heterocycles. The average Bonchev–Trinajstić information content (AvgIpc) is 2.70. The van der Waals surface area contributed by atoms with Crippen LogP contribution < -0.4 is 0 Å². The van der Waals surface area contributed by atoms with Crippen LogP contribution in [0.25, 0.3) is 11.5 Å². The second-order valence-corrected chi connectivity index (χ2v) is 5.23. The van der Waals surface area contributed by atoms with Crippen LogP contribution in [0.4, 0.5) is 0 Å². The van der Waals surface area contributed by atoms with Gasteiger partial charge in [-0.1, -0.05) is 5.16 Å². The SMILES string of the molecule is Cc1noc(-c2cnc(O)cn2)c1C(=O)OC(C)(C)C. The molecule has 0 aliphatic carbocycles. The molecule has 0 radical (unpaired) electrons. The summed E-state index contributed by atoms with van der Waals surface area (Å²) in [5.74, 6) is -0.589. The third kappa shape index (κ3) is 2.93. The van der Waals surface area contributed by atoms with Gasteiger partial charge in [0.15, 0.2) is 0 Å². The van der Waals surface area contributed by atoms with E-state index >= 15 is 0 Å². The minimum Gasteiger partial charge on any atom is -0.492 e. The number of nitrogens with zero attached hydrogens (tertiary/aromatic N) is 3. The fraction of sp³-hybridized carbons (Fsp3) is 0.385. The highest BCUT2D eigenvalue weighted by Gasteiger charge is 2.27. The van der Waals surface area contributed by atoms with Crippen molar-refractivity contribution in [3.8, 4) is 17.3 Å². The number of ether oxygens (including phenoxy) is 1. The van der Waals surface area contributed by atoms with Gasteiger partial charge in [-0.05, 0) is 27.7 Å². The Morgan fingerprint density at radius 2 is 2.00 bits per heavy atom. The van der Waals surface area contributed by atoms with Gasteiger partial charge in [0.2, 0.25) is 11.6 Å². The zero-order valence-electron chi connectivity index (χ0n) is 11.7. The van der Waals surface area contributed by atoms with Crippen LogP contribution in [0, 0.1) is 6.92 Å². The molecule has 1 N–H and O–H groups in total. The molecule has 2 aromatic heterocycles. The van der Waals surface area contributed by atoms with Crippen molar-refractivity contribution in [2.24, 2.45) is 0 Å². The third-order valence-corrected chi connectivity index (χ3v) is 2.34. The van der Waals surface area contributed by atoms with Crippen LogP contribution in [0.3, 0.4) is 0 Å². The Labute approximate surface area is 115 Å². The first-order chi connectivity index (χ1) is 9.28. The molecule has 7 heteroatoms. The van der Waals surface area contributed by atoms with E-state index in [9.17, 15) is 4.79 Å². The van der Waals surface area contributed by atoms with E-state index < -0.39 is 11.6 Å². The third-order valence-electron chi connectivity index (χ3n) is 2.34. The van der Waals surface area contributed by atoms with Crippen molar-refractivity contribution in [3.05, 3.63) is 23.7 Å². The highest BCUT2D eigenvalue weighted by Crippen LogP contribution is 2.26. The molecule has 20 heavy (non-hydrogen) atoms. The summed E-state index contributed by atoms with van der Waals surface area (Å²) in [7, 11) is 0. The molecular weight excluding hydrogens is 262 g/mol. The number of hydrogen-bond donors (Lipinski definition) is 1. The lowest BCUT2D eigenvalue weighted by atomic mass is 10.1. The number of carbonyl (C=O) groups is 1. The monoisotopic (exact) mass is 277 g/mol. The Morgan fingerprint density at radius 3 is 2.55 bits per heavy atom. The summed E-state index contributed by atoms with van der Waals surface area (Å²) in [6.45, 7) is 6.95. The van der Waals surface area contributed by atoms with E-state index in [-0.39, 0.29) is 17.2 Å². The van der Waals surface area contributed by atoms with Crippen molar-refractivity contribution in [3.63, 3.8) is 0 Å². The number of aromatic nitrogens is 3. The molecule has 106 valence electrons. The first-order valence-corrected chi connectivity index (χ1v) is 5.99. The number of carbonyl (C=O) groups excluding carboxylic acids is 1. The summed E-state index contributed by atoms with van der Waals surface area (Å²) in [5, 5.41) is 12.9. The molecule has 2 rings (SSSR count). The molecule has 0 unspecified atom stereocenters. The minimum absolute atomic E-state index is 0.171. The van der Waals surface area contributed by atoms with Crippen molar-refractivity contribution in [1.82, 2.24) is 15.1 Å². The van der Waals surface area contributed by atoms with Crippen LogP contribution in [-0.2, 0) is 4.74 Å². The van der Waals surface area contributed by atoms with Gasteiger partial charge in [-0.2, -0.15) is 0 Å². The maximum atomic E-state index is 12.2. The lowest BCUT2D eigenvalue weighted by Gasteiger charge is -2.19. The second kappa shape index (κ2) is 4.92. The van der Waals surface area contributed by atoms with Crippen molar-refractivity contribution in [1.29, 1.82) is 0 Å². The zero-order valence-corrected chi connectivity index (χ0v) is 11.7. The second-order valence-electron chi connectivity index (χ2n) is 5.23. The molecule has 0 saturated carbocycles. The van der Waals surface area contributed by atoms with Crippen LogP contribution in [0.5, 0.6) is 5.88 Å². The Kier molecular flexibility index (Phi) is 3.44. The molecule has 7 nitrogen and oxygen atoms in total. The molecule has 0 aromatic carbocycles. The van der Waals surface area contributed by atoms with Gasteiger partial charge >= 0.3 is 5.97 Å². The van der Waals surface area contributed by atoms with Crippen molar-refractivity contribution in [2.75, 3.05) is 0 Å². The van der Waals surface area contributed by atoms with Crippen LogP contribution in [0.15, 0.2) is 16.9 Å². The predicted octanol–water partition coefficient (Wildman–Crippen LogP) is 2.10. The normalized spacial score (nSPS) is 11.4. The smallest absolute Gasteiger partial charge is 0.344 e. The first-order valence-electron chi connectivity index (χ1n) is 5.99. The Bertz CT molecular complexity index is 626. The lowest BCUT2D eigenvalue weighted by molar-refractivity contribution is 0.00692. The van der Waals surface area contributed by atoms with Gasteiger partial charge in [-0.3, -0.25) is 0 Å². The van der Waals surface area contributed by atoms with Gasteiger partial charge in [-0.15, -0.1) is 0 Å². The summed E-state index contributed by atoms with van der Waals surface area (Å²) in [6.07, 6.45) is 2.45. The summed E-state index contributed by atoms with van der Waals surface area (Å²) < 4.78 is 10.4. The summed E-state index contributed by atoms with van der Waals surface area (Å²) >= 11 is 0. The van der Waals surface area contributed by atoms with Gasteiger partial charge in [0.05, 0.1) is 18.1 Å². The highest BCUT2D eigenvalue weighted by atomic mass is 16.6. The van der Waals surface area contributed by atoms with Gasteiger partial charge in [0.1, 0.15) is 16.9 Å². The van der Waals surface area contributed by atoms with Crippen molar-refractivity contribution in [2.45, 2.75) is 33.3 Å². The van der Waals surface area contributed by atoms with E-state index in [1.807, 2.05) is 0 Å². The molecule has 0 spiro atoms. The van der Waals surface area contributed by atoms with Gasteiger partial charge in [0, 0.05) is 0 Å². The van der Waals surface area contributed by atoms with Crippen LogP contribution >= 0.6 is 0 Å². The molecule has 0 amide bonds. The van der Waals surface area contributed by atoms with Gasteiger partial charge in [0.25, 0.3) is 0 Å².